The van der Waals surface area contributed by atoms with Crippen LogP contribution in [0.5, 0.6) is 5.75 Å². The molecule has 1 aliphatic heterocycles. The van der Waals surface area contributed by atoms with Crippen molar-refractivity contribution in [2.24, 2.45) is 0 Å². The Morgan fingerprint density at radius 3 is 2.44 bits per heavy atom. The zero-order chi connectivity index (χ0) is 25.4. The van der Waals surface area contributed by atoms with Crippen molar-refractivity contribution in [3.63, 3.8) is 0 Å². The third kappa shape index (κ3) is 4.12. The van der Waals surface area contributed by atoms with Gasteiger partial charge in [0.25, 0.3) is 0 Å². The SMILES string of the molecule is CCn1cc(C(=O)O)c(=O)c2cc(F)c(N3CCN(c4nnc(-c5ccc(OC)cc5)o4)CC3)cc21. The smallest absolute Gasteiger partial charge is 0.341 e. The number of methoxy groups -OCH3 is 1. The fourth-order valence-corrected chi connectivity index (χ4v) is 4.39. The minimum atomic E-state index is -1.33. The molecule has 0 spiro atoms. The molecule has 2 aromatic heterocycles. The lowest BCUT2D eigenvalue weighted by Gasteiger charge is -2.35. The van der Waals surface area contributed by atoms with Crippen LogP contribution in [0.4, 0.5) is 16.1 Å². The van der Waals surface area contributed by atoms with E-state index in [-0.39, 0.29) is 10.9 Å². The number of aromatic nitrogens is 3. The fourth-order valence-electron chi connectivity index (χ4n) is 4.39. The number of carboxylic acids is 1. The zero-order valence-corrected chi connectivity index (χ0v) is 19.8. The van der Waals surface area contributed by atoms with Gasteiger partial charge in [0.15, 0.2) is 0 Å². The van der Waals surface area contributed by atoms with E-state index in [1.807, 2.05) is 41.0 Å². The highest BCUT2D eigenvalue weighted by molar-refractivity contribution is 5.93. The lowest BCUT2D eigenvalue weighted by atomic mass is 10.1. The maximum Gasteiger partial charge on any atom is 0.341 e. The van der Waals surface area contributed by atoms with Gasteiger partial charge in [0.2, 0.25) is 11.3 Å². The van der Waals surface area contributed by atoms with Crippen LogP contribution < -0.4 is 20.0 Å². The number of aromatic carboxylic acids is 1. The van der Waals surface area contributed by atoms with Gasteiger partial charge < -0.3 is 28.6 Å². The summed E-state index contributed by atoms with van der Waals surface area (Å²) in [4.78, 5) is 27.9. The van der Waals surface area contributed by atoms with E-state index in [2.05, 4.69) is 10.2 Å². The minimum absolute atomic E-state index is 0.0496. The van der Waals surface area contributed by atoms with Gasteiger partial charge in [-0.05, 0) is 43.3 Å². The number of ether oxygens (including phenoxy) is 1. The quantitative estimate of drug-likeness (QED) is 0.432. The molecule has 10 nitrogen and oxygen atoms in total. The number of rotatable bonds is 6. The third-order valence-corrected chi connectivity index (χ3v) is 6.36. The van der Waals surface area contributed by atoms with E-state index in [0.29, 0.717) is 55.8 Å². The molecule has 0 bridgehead atoms. The van der Waals surface area contributed by atoms with Crippen LogP contribution >= 0.6 is 0 Å². The van der Waals surface area contributed by atoms with Crippen molar-refractivity contribution in [2.75, 3.05) is 43.1 Å². The summed E-state index contributed by atoms with van der Waals surface area (Å²) in [7, 11) is 1.60. The Hall–Kier alpha value is -4.41. The van der Waals surface area contributed by atoms with Gasteiger partial charge in [0.05, 0.1) is 18.3 Å². The Morgan fingerprint density at radius 2 is 1.81 bits per heavy atom. The van der Waals surface area contributed by atoms with Crippen LogP contribution in [0.15, 0.2) is 51.8 Å². The number of hydrogen-bond acceptors (Lipinski definition) is 8. The number of anilines is 2. The van der Waals surface area contributed by atoms with Gasteiger partial charge in [-0.25, -0.2) is 9.18 Å². The summed E-state index contributed by atoms with van der Waals surface area (Å²) in [5.74, 6) is -0.776. The highest BCUT2D eigenvalue weighted by Crippen LogP contribution is 2.28. The minimum Gasteiger partial charge on any atom is -0.497 e. The van der Waals surface area contributed by atoms with E-state index >= 15 is 4.39 Å². The molecule has 5 rings (SSSR count). The monoisotopic (exact) mass is 493 g/mol. The van der Waals surface area contributed by atoms with Crippen LogP contribution in [-0.2, 0) is 6.54 Å². The lowest BCUT2D eigenvalue weighted by Crippen LogP contribution is -2.47. The summed E-state index contributed by atoms with van der Waals surface area (Å²) in [6.45, 7) is 4.31. The fraction of sp³-hybridized carbons (Fsp3) is 0.280. The van der Waals surface area contributed by atoms with Crippen molar-refractivity contribution in [1.82, 2.24) is 14.8 Å². The predicted octanol–water partition coefficient (Wildman–Crippen LogP) is 3.24. The first-order chi connectivity index (χ1) is 17.4. The highest BCUT2D eigenvalue weighted by Gasteiger charge is 2.25. The molecule has 36 heavy (non-hydrogen) atoms. The number of carboxylic acid groups (broad SMARTS) is 1. The van der Waals surface area contributed by atoms with Crippen molar-refractivity contribution in [3.8, 4) is 17.2 Å². The van der Waals surface area contributed by atoms with Crippen molar-refractivity contribution in [1.29, 1.82) is 0 Å². The van der Waals surface area contributed by atoms with E-state index in [1.54, 1.807) is 17.7 Å². The normalized spacial score (nSPS) is 13.9. The number of piperazine rings is 1. The molecule has 0 atom stereocenters. The van der Waals surface area contributed by atoms with Gasteiger partial charge in [-0.2, -0.15) is 0 Å². The molecule has 0 amide bonds. The Bertz CT molecular complexity index is 1490. The van der Waals surface area contributed by atoms with E-state index in [0.717, 1.165) is 17.4 Å². The number of fused-ring (bicyclic) bond motifs is 1. The summed E-state index contributed by atoms with van der Waals surface area (Å²) >= 11 is 0. The number of benzene rings is 2. The maximum atomic E-state index is 15.1. The second-order valence-corrected chi connectivity index (χ2v) is 8.38. The summed E-state index contributed by atoms with van der Waals surface area (Å²) in [6.07, 6.45) is 1.31. The third-order valence-electron chi connectivity index (χ3n) is 6.36. The van der Waals surface area contributed by atoms with E-state index in [1.165, 1.54) is 6.20 Å². The van der Waals surface area contributed by atoms with Crippen molar-refractivity contribution >= 4 is 28.6 Å². The van der Waals surface area contributed by atoms with Crippen molar-refractivity contribution in [2.45, 2.75) is 13.5 Å². The Balaban J connectivity index is 1.36. The first kappa shape index (κ1) is 23.3. The maximum absolute atomic E-state index is 15.1. The van der Waals surface area contributed by atoms with Crippen LogP contribution in [0, 0.1) is 5.82 Å². The number of halogens is 1. The van der Waals surface area contributed by atoms with Gasteiger partial charge in [0.1, 0.15) is 17.1 Å². The zero-order valence-electron chi connectivity index (χ0n) is 19.8. The number of aryl methyl sites for hydroxylation is 1. The van der Waals surface area contributed by atoms with Gasteiger partial charge in [-0.15, -0.1) is 5.10 Å². The molecular weight excluding hydrogens is 469 g/mol. The summed E-state index contributed by atoms with van der Waals surface area (Å²) < 4.78 is 27.8. The first-order valence-corrected chi connectivity index (χ1v) is 11.5. The molecule has 1 aliphatic rings. The molecule has 0 aliphatic carbocycles. The van der Waals surface area contributed by atoms with Crippen LogP contribution in [0.3, 0.4) is 0 Å². The van der Waals surface area contributed by atoms with Gasteiger partial charge >= 0.3 is 12.0 Å². The topological polar surface area (TPSA) is 114 Å². The average Bonchev–Trinajstić information content (AvgIpc) is 3.39. The average molecular weight is 493 g/mol. The molecule has 1 N–H and O–H groups in total. The van der Waals surface area contributed by atoms with E-state index < -0.39 is 17.2 Å². The molecule has 1 saturated heterocycles. The summed E-state index contributed by atoms with van der Waals surface area (Å²) in [5.41, 5.74) is 0.559. The van der Waals surface area contributed by atoms with Crippen LogP contribution in [0.25, 0.3) is 22.4 Å². The molecule has 0 saturated carbocycles. The Morgan fingerprint density at radius 1 is 1.11 bits per heavy atom. The number of nitrogens with zero attached hydrogens (tertiary/aromatic N) is 5. The predicted molar refractivity (Wildman–Crippen MR) is 132 cm³/mol. The van der Waals surface area contributed by atoms with Gasteiger partial charge in [0, 0.05) is 49.9 Å². The summed E-state index contributed by atoms with van der Waals surface area (Å²) in [6, 6.07) is 10.5. The van der Waals surface area contributed by atoms with Crippen LogP contribution in [0.1, 0.15) is 17.3 Å². The van der Waals surface area contributed by atoms with Crippen molar-refractivity contribution < 1.29 is 23.4 Å². The van der Waals surface area contributed by atoms with Gasteiger partial charge in [-0.1, -0.05) is 5.10 Å². The standard InChI is InChI=1S/C25H24FN5O5/c1-3-29-14-18(24(33)34)22(32)17-12-19(26)21(13-20(17)29)30-8-10-31(11-9-30)25-28-27-23(36-25)15-4-6-16(35-2)7-5-15/h4-7,12-14H,3,8-11H2,1-2H3,(H,33,34). The van der Waals surface area contributed by atoms with Crippen LogP contribution in [0.2, 0.25) is 0 Å². The number of hydrogen-bond donors (Lipinski definition) is 1. The van der Waals surface area contributed by atoms with Gasteiger partial charge in [-0.3, -0.25) is 4.79 Å². The number of pyridine rings is 1. The van der Waals surface area contributed by atoms with Crippen molar-refractivity contribution in [3.05, 3.63) is 64.2 Å². The molecular formula is C25H24FN5O5. The Labute approximate surface area is 205 Å². The number of carbonyl (C=O) groups is 1. The summed E-state index contributed by atoms with van der Waals surface area (Å²) in [5, 5.41) is 17.7. The lowest BCUT2D eigenvalue weighted by molar-refractivity contribution is 0.0695. The molecule has 0 unspecified atom stereocenters. The van der Waals surface area contributed by atoms with E-state index in [9.17, 15) is 14.7 Å². The molecule has 2 aromatic carbocycles. The Kier molecular flexibility index (Phi) is 6.05. The molecule has 1 fully saturated rings. The molecule has 186 valence electrons. The molecule has 0 radical (unpaired) electrons. The van der Waals surface area contributed by atoms with E-state index in [4.69, 9.17) is 9.15 Å². The highest BCUT2D eigenvalue weighted by atomic mass is 19.1. The van der Waals surface area contributed by atoms with Crippen LogP contribution in [-0.4, -0.2) is 59.1 Å². The largest absolute Gasteiger partial charge is 0.497 e. The molecule has 3 heterocycles. The second-order valence-electron chi connectivity index (χ2n) is 8.38. The second kappa shape index (κ2) is 9.33. The molecule has 4 aromatic rings. The first-order valence-electron chi connectivity index (χ1n) is 11.5. The molecule has 11 heteroatoms.